The van der Waals surface area contributed by atoms with E-state index in [-0.39, 0.29) is 28.8 Å². The molecule has 1 aliphatic rings. The fourth-order valence-corrected chi connectivity index (χ4v) is 6.56. The Kier molecular flexibility index (Phi) is 7.98. The smallest absolute Gasteiger partial charge is 0.340 e. The number of aliphatic hydroxyl groups is 2. The van der Waals surface area contributed by atoms with Gasteiger partial charge in [0.1, 0.15) is 17.8 Å². The van der Waals surface area contributed by atoms with Crippen LogP contribution in [0.5, 0.6) is 0 Å². The number of anilines is 1. The summed E-state index contributed by atoms with van der Waals surface area (Å²) >= 11 is 12.3. The molecule has 15 nitrogen and oxygen atoms in total. The highest BCUT2D eigenvalue weighted by Gasteiger charge is 2.54. The van der Waals surface area contributed by atoms with Crippen molar-refractivity contribution in [1.82, 2.24) is 25.0 Å². The number of halogens is 2. The average molecular weight is 599 g/mol. The molecule has 2 aromatic heterocycles. The summed E-state index contributed by atoms with van der Waals surface area (Å²) in [7, 11) is -9.60. The zero-order valence-corrected chi connectivity index (χ0v) is 22.2. The monoisotopic (exact) mass is 598 g/mol. The van der Waals surface area contributed by atoms with Gasteiger partial charge in [0.2, 0.25) is 5.28 Å². The Morgan fingerprint density at radius 2 is 1.92 bits per heavy atom. The molecule has 0 aliphatic carbocycles. The van der Waals surface area contributed by atoms with E-state index in [0.29, 0.717) is 5.02 Å². The van der Waals surface area contributed by atoms with E-state index in [4.69, 9.17) is 42.2 Å². The Balaban J connectivity index is 1.57. The number of hydrogen-bond acceptors (Lipinski definition) is 11. The summed E-state index contributed by atoms with van der Waals surface area (Å²) in [5.74, 6) is -1.22. The van der Waals surface area contributed by atoms with Gasteiger partial charge in [-0.2, -0.15) is 14.6 Å². The largest absolute Gasteiger partial charge is 0.385 e. The minimum atomic E-state index is -4.86. The van der Waals surface area contributed by atoms with Crippen LogP contribution >= 0.6 is 38.4 Å². The van der Waals surface area contributed by atoms with Crippen LogP contribution < -0.4 is 5.32 Å². The molecule has 1 fully saturated rings. The molecule has 0 spiro atoms. The lowest BCUT2D eigenvalue weighted by atomic mass is 9.95. The van der Waals surface area contributed by atoms with Crippen molar-refractivity contribution in [3.05, 3.63) is 40.1 Å². The van der Waals surface area contributed by atoms with Crippen LogP contribution in [0.25, 0.3) is 11.2 Å². The van der Waals surface area contributed by atoms with Crippen LogP contribution in [-0.2, 0) is 24.9 Å². The summed E-state index contributed by atoms with van der Waals surface area (Å²) in [6.07, 6.45) is -4.45. The molecule has 0 bridgehead atoms. The van der Waals surface area contributed by atoms with E-state index in [2.05, 4.69) is 25.6 Å². The second kappa shape index (κ2) is 10.4. The molecule has 0 amide bonds. The molecule has 5 atom stereocenters. The summed E-state index contributed by atoms with van der Waals surface area (Å²) < 4.78 is 34.5. The predicted octanol–water partition coefficient (Wildman–Crippen LogP) is 1.49. The number of benzene rings is 1. The Morgan fingerprint density at radius 1 is 1.22 bits per heavy atom. The lowest BCUT2D eigenvalue weighted by molar-refractivity contribution is -0.0777. The first-order valence-corrected chi connectivity index (χ1v) is 14.8. The first kappa shape index (κ1) is 28.3. The fraction of sp³-hybridized carbons (Fsp3) is 0.444. The van der Waals surface area contributed by atoms with Crippen LogP contribution in [0, 0.1) is 0 Å². The number of nitrogens with one attached hydrogen (secondary N) is 1. The number of hydrogen-bond donors (Lipinski definition) is 6. The molecule has 6 N–H and O–H groups in total. The quantitative estimate of drug-likeness (QED) is 0.152. The third-order valence-corrected chi connectivity index (χ3v) is 9.55. The highest BCUT2D eigenvalue weighted by molar-refractivity contribution is 7.70. The number of nitrogens with zero attached hydrogens (tertiary/aromatic N) is 5. The molecule has 1 unspecified atom stereocenters. The Bertz CT molecular complexity index is 1400. The van der Waals surface area contributed by atoms with E-state index in [1.54, 1.807) is 12.1 Å². The number of aromatic nitrogens is 5. The average Bonchev–Trinajstić information content (AvgIpc) is 3.28. The topological polar surface area (TPSA) is 222 Å². The predicted molar refractivity (Wildman–Crippen MR) is 130 cm³/mol. The van der Waals surface area contributed by atoms with Crippen molar-refractivity contribution in [1.29, 1.82) is 0 Å². The maximum absolute atomic E-state index is 12.0. The van der Waals surface area contributed by atoms with Gasteiger partial charge in [-0.15, -0.1) is 5.10 Å². The van der Waals surface area contributed by atoms with Gasteiger partial charge in [-0.1, -0.05) is 35.0 Å². The van der Waals surface area contributed by atoms with Gasteiger partial charge < -0.3 is 39.5 Å². The molecule has 202 valence electrons. The fourth-order valence-electron chi connectivity index (χ4n) is 3.64. The van der Waals surface area contributed by atoms with Crippen LogP contribution in [0.4, 0.5) is 5.82 Å². The van der Waals surface area contributed by atoms with Crippen molar-refractivity contribution in [2.45, 2.75) is 37.5 Å². The maximum atomic E-state index is 12.0. The molecule has 0 radical (unpaired) electrons. The standard InChI is InChI=1S/C18H22Cl2N6O9P2/c1-18(28)11(7-34-37(32,33)8-36(29,30)31)35-16(13(18)27)26-15-12(24-25-26)14(22-17(20)23-15)21-6-9-4-2-3-5-10(9)19/h2-5,11,13,16,27-28H,6-8H2,1H3,(H,32,33)(H,21,22,23)(H2,29,30,31)/t11-,13+,16-,18-/m1/s1. The van der Waals surface area contributed by atoms with Crippen LogP contribution in [-0.4, -0.2) is 80.2 Å². The lowest BCUT2D eigenvalue weighted by Crippen LogP contribution is -2.46. The molecule has 3 aromatic rings. The van der Waals surface area contributed by atoms with Crippen molar-refractivity contribution in [2.24, 2.45) is 0 Å². The Labute approximate surface area is 219 Å². The molecule has 37 heavy (non-hydrogen) atoms. The third kappa shape index (κ3) is 6.29. The van der Waals surface area contributed by atoms with E-state index in [1.165, 1.54) is 6.92 Å². The van der Waals surface area contributed by atoms with Gasteiger partial charge in [0.05, 0.1) is 6.61 Å². The molecule has 4 rings (SSSR count). The van der Waals surface area contributed by atoms with Crippen LogP contribution in [0.3, 0.4) is 0 Å². The molecule has 19 heteroatoms. The second-order valence-corrected chi connectivity index (χ2v) is 13.2. The van der Waals surface area contributed by atoms with E-state index >= 15 is 0 Å². The van der Waals surface area contributed by atoms with Crippen molar-refractivity contribution < 1.29 is 43.3 Å². The van der Waals surface area contributed by atoms with Gasteiger partial charge in [0, 0.05) is 11.6 Å². The van der Waals surface area contributed by atoms with E-state index in [9.17, 15) is 24.2 Å². The van der Waals surface area contributed by atoms with E-state index in [0.717, 1.165) is 10.2 Å². The summed E-state index contributed by atoms with van der Waals surface area (Å²) in [6, 6.07) is 7.14. The molecule has 1 aliphatic heterocycles. The van der Waals surface area contributed by atoms with Gasteiger partial charge in [-0.3, -0.25) is 9.13 Å². The van der Waals surface area contributed by atoms with E-state index < -0.39 is 51.7 Å². The Hall–Kier alpha value is -1.74. The highest BCUT2D eigenvalue weighted by atomic mass is 35.5. The highest BCUT2D eigenvalue weighted by Crippen LogP contribution is 2.55. The van der Waals surface area contributed by atoms with Gasteiger partial charge in [0.25, 0.3) is 0 Å². The van der Waals surface area contributed by atoms with Crippen molar-refractivity contribution in [2.75, 3.05) is 17.8 Å². The first-order valence-electron chi connectivity index (χ1n) is 10.5. The third-order valence-electron chi connectivity index (χ3n) is 5.56. The van der Waals surface area contributed by atoms with Crippen molar-refractivity contribution >= 4 is 55.4 Å². The summed E-state index contributed by atoms with van der Waals surface area (Å²) in [5.41, 5.74) is -1.06. The van der Waals surface area contributed by atoms with Gasteiger partial charge in [-0.25, -0.2) is 0 Å². The van der Waals surface area contributed by atoms with E-state index in [1.807, 2.05) is 12.1 Å². The minimum Gasteiger partial charge on any atom is -0.385 e. The second-order valence-electron chi connectivity index (χ2n) is 8.42. The number of ether oxygens (including phenoxy) is 1. The summed E-state index contributed by atoms with van der Waals surface area (Å²) in [5, 5.41) is 33.0. The van der Waals surface area contributed by atoms with Gasteiger partial charge >= 0.3 is 15.2 Å². The number of rotatable bonds is 9. The van der Waals surface area contributed by atoms with Crippen molar-refractivity contribution in [3.8, 4) is 0 Å². The molecule has 1 saturated heterocycles. The summed E-state index contributed by atoms with van der Waals surface area (Å²) in [6.45, 7) is 0.678. The Morgan fingerprint density at radius 3 is 2.59 bits per heavy atom. The molecule has 0 saturated carbocycles. The van der Waals surface area contributed by atoms with Crippen LogP contribution in [0.15, 0.2) is 24.3 Å². The van der Waals surface area contributed by atoms with Crippen LogP contribution in [0.1, 0.15) is 18.7 Å². The summed E-state index contributed by atoms with van der Waals surface area (Å²) in [4.78, 5) is 35.8. The minimum absolute atomic E-state index is 0.0393. The van der Waals surface area contributed by atoms with Gasteiger partial charge in [0.15, 0.2) is 29.1 Å². The molecule has 3 heterocycles. The molecular weight excluding hydrogens is 577 g/mol. The zero-order valence-electron chi connectivity index (χ0n) is 18.9. The normalized spacial score (nSPS) is 25.9. The zero-order chi connectivity index (χ0) is 27.2. The first-order chi connectivity index (χ1) is 17.2. The number of aliphatic hydroxyl groups excluding tert-OH is 1. The van der Waals surface area contributed by atoms with Crippen LogP contribution in [0.2, 0.25) is 10.3 Å². The molecule has 1 aromatic carbocycles. The number of fused-ring (bicyclic) bond motifs is 1. The van der Waals surface area contributed by atoms with Gasteiger partial charge in [-0.05, 0) is 30.2 Å². The molecular formula is C18H22Cl2N6O9P2. The SMILES string of the molecule is C[C@@]1(O)[C@@H](COP(=O)(O)CP(=O)(O)O)O[C@@H](n2nnc3c(NCc4ccccc4Cl)nc(Cl)nc32)[C@@H]1O. The maximum Gasteiger partial charge on any atom is 0.340 e. The lowest BCUT2D eigenvalue weighted by Gasteiger charge is -2.26. The van der Waals surface area contributed by atoms with Crippen molar-refractivity contribution in [3.63, 3.8) is 0 Å².